The molecule has 3 heterocycles. The molecule has 18 heavy (non-hydrogen) atoms. The Hall–Kier alpha value is -0.910. The molecule has 0 spiro atoms. The summed E-state index contributed by atoms with van der Waals surface area (Å²) in [6.07, 6.45) is 0.276. The van der Waals surface area contributed by atoms with Crippen molar-refractivity contribution in [3.05, 3.63) is 17.0 Å². The minimum Gasteiger partial charge on any atom is -0.373 e. The van der Waals surface area contributed by atoms with E-state index in [2.05, 4.69) is 26.8 Å². The van der Waals surface area contributed by atoms with Gasteiger partial charge in [0, 0.05) is 25.7 Å². The first-order valence-electron chi connectivity index (χ1n) is 6.21. The molecule has 0 bridgehead atoms. The highest BCUT2D eigenvalue weighted by atomic mass is 35.5. The normalized spacial score (nSPS) is 28.5. The Morgan fingerprint density at radius 2 is 2.22 bits per heavy atom. The fourth-order valence-corrected chi connectivity index (χ4v) is 2.94. The van der Waals surface area contributed by atoms with Crippen LogP contribution in [0.1, 0.15) is 5.82 Å². The molecule has 0 N–H and O–H groups in total. The van der Waals surface area contributed by atoms with Crippen LogP contribution in [0, 0.1) is 6.92 Å². The van der Waals surface area contributed by atoms with E-state index in [1.54, 1.807) is 0 Å². The quantitative estimate of drug-likeness (QED) is 0.710. The molecule has 5 nitrogen and oxygen atoms in total. The second kappa shape index (κ2) is 4.64. The van der Waals surface area contributed by atoms with E-state index in [0.717, 1.165) is 32.1 Å². The second-order valence-electron chi connectivity index (χ2n) is 4.96. The van der Waals surface area contributed by atoms with Crippen molar-refractivity contribution >= 4 is 17.4 Å². The molecule has 0 radical (unpaired) electrons. The molecular formula is C12H17ClN4O. The molecule has 0 aromatic carbocycles. The summed E-state index contributed by atoms with van der Waals surface area (Å²) in [5.74, 6) is 1.61. The van der Waals surface area contributed by atoms with Crippen molar-refractivity contribution in [2.24, 2.45) is 0 Å². The third-order valence-corrected chi connectivity index (χ3v) is 3.89. The zero-order valence-corrected chi connectivity index (χ0v) is 11.4. The first-order chi connectivity index (χ1) is 8.63. The maximum Gasteiger partial charge on any atom is 0.134 e. The molecule has 0 amide bonds. The molecular weight excluding hydrogens is 252 g/mol. The zero-order chi connectivity index (χ0) is 12.7. The molecule has 2 aliphatic rings. The number of fused-ring (bicyclic) bond motifs is 1. The molecule has 2 atom stereocenters. The van der Waals surface area contributed by atoms with Crippen molar-refractivity contribution in [3.63, 3.8) is 0 Å². The summed E-state index contributed by atoms with van der Waals surface area (Å²) in [6.45, 7) is 5.49. The average Bonchev–Trinajstić information content (AvgIpc) is 2.73. The van der Waals surface area contributed by atoms with E-state index in [4.69, 9.17) is 16.3 Å². The Kier molecular flexibility index (Phi) is 3.13. The van der Waals surface area contributed by atoms with Crippen molar-refractivity contribution in [1.82, 2.24) is 14.9 Å². The van der Waals surface area contributed by atoms with Crippen molar-refractivity contribution in [3.8, 4) is 0 Å². The maximum absolute atomic E-state index is 5.99. The van der Waals surface area contributed by atoms with Crippen molar-refractivity contribution < 1.29 is 4.74 Å². The molecule has 1 aromatic heterocycles. The van der Waals surface area contributed by atoms with Crippen LogP contribution in [0.5, 0.6) is 0 Å². The summed E-state index contributed by atoms with van der Waals surface area (Å²) in [5, 5.41) is 0.502. The van der Waals surface area contributed by atoms with Crippen LogP contribution in [0.3, 0.4) is 0 Å². The van der Waals surface area contributed by atoms with Gasteiger partial charge in [-0.05, 0) is 14.0 Å². The summed E-state index contributed by atoms with van der Waals surface area (Å²) in [7, 11) is 2.15. The van der Waals surface area contributed by atoms with Crippen LogP contribution < -0.4 is 4.90 Å². The molecule has 0 saturated carbocycles. The van der Waals surface area contributed by atoms with E-state index < -0.39 is 0 Å². The van der Waals surface area contributed by atoms with Gasteiger partial charge in [-0.1, -0.05) is 11.6 Å². The number of likely N-dealkylation sites (N-methyl/N-ethyl adjacent to an activating group) is 1. The summed E-state index contributed by atoms with van der Waals surface area (Å²) in [4.78, 5) is 13.2. The highest BCUT2D eigenvalue weighted by molar-refractivity contribution is 6.29. The monoisotopic (exact) mass is 268 g/mol. The largest absolute Gasteiger partial charge is 0.373 e. The van der Waals surface area contributed by atoms with Crippen LogP contribution in [-0.4, -0.2) is 60.3 Å². The van der Waals surface area contributed by atoms with Gasteiger partial charge < -0.3 is 9.64 Å². The number of hydrogen-bond donors (Lipinski definition) is 0. The summed E-state index contributed by atoms with van der Waals surface area (Å²) >= 11 is 5.99. The topological polar surface area (TPSA) is 41.5 Å². The fourth-order valence-electron chi connectivity index (χ4n) is 2.72. The summed E-state index contributed by atoms with van der Waals surface area (Å²) < 4.78 is 5.82. The molecule has 98 valence electrons. The smallest absolute Gasteiger partial charge is 0.134 e. The number of aryl methyl sites for hydroxylation is 1. The first kappa shape index (κ1) is 12.1. The summed E-state index contributed by atoms with van der Waals surface area (Å²) in [6, 6.07) is 2.28. The van der Waals surface area contributed by atoms with Gasteiger partial charge in [-0.2, -0.15) is 0 Å². The van der Waals surface area contributed by atoms with Crippen molar-refractivity contribution in [2.75, 3.05) is 38.2 Å². The minimum atomic E-state index is 0.276. The van der Waals surface area contributed by atoms with E-state index in [1.807, 2.05) is 13.0 Å². The number of halogens is 1. The van der Waals surface area contributed by atoms with Crippen LogP contribution in [-0.2, 0) is 4.74 Å². The number of aromatic nitrogens is 2. The molecule has 2 aliphatic heterocycles. The molecule has 6 heteroatoms. The second-order valence-corrected chi connectivity index (χ2v) is 5.35. The number of hydrogen-bond acceptors (Lipinski definition) is 5. The standard InChI is InChI=1S/C12H17ClN4O/c1-8-14-11(13)5-12(15-8)17-6-9-10(7-17)18-4-3-16(9)2/h5,9-10H,3-4,6-7H2,1-2H3/t9-,10?/m1/s1. The van der Waals surface area contributed by atoms with Crippen LogP contribution in [0.15, 0.2) is 6.07 Å². The molecule has 2 fully saturated rings. The predicted molar refractivity (Wildman–Crippen MR) is 70.2 cm³/mol. The maximum atomic E-state index is 5.99. The van der Waals surface area contributed by atoms with E-state index in [-0.39, 0.29) is 6.10 Å². The highest BCUT2D eigenvalue weighted by Crippen LogP contribution is 2.26. The van der Waals surface area contributed by atoms with Gasteiger partial charge in [0.1, 0.15) is 16.8 Å². The van der Waals surface area contributed by atoms with Gasteiger partial charge in [0.15, 0.2) is 0 Å². The van der Waals surface area contributed by atoms with Gasteiger partial charge in [0.2, 0.25) is 0 Å². The predicted octanol–water partition coefficient (Wildman–Crippen LogP) is 0.958. The lowest BCUT2D eigenvalue weighted by atomic mass is 10.1. The van der Waals surface area contributed by atoms with Gasteiger partial charge in [0.25, 0.3) is 0 Å². The average molecular weight is 269 g/mol. The Labute approximate surface area is 112 Å². The molecule has 1 aromatic rings. The lowest BCUT2D eigenvalue weighted by molar-refractivity contribution is -0.0362. The van der Waals surface area contributed by atoms with Crippen molar-refractivity contribution in [1.29, 1.82) is 0 Å². The Morgan fingerprint density at radius 1 is 1.39 bits per heavy atom. The lowest BCUT2D eigenvalue weighted by Gasteiger charge is -2.33. The SMILES string of the molecule is Cc1nc(Cl)cc(N2CC3OCCN(C)[C@@H]3C2)n1. The number of anilines is 1. The van der Waals surface area contributed by atoms with Crippen molar-refractivity contribution in [2.45, 2.75) is 19.1 Å². The van der Waals surface area contributed by atoms with Gasteiger partial charge in [0.05, 0.1) is 18.8 Å². The van der Waals surface area contributed by atoms with Gasteiger partial charge in [-0.25, -0.2) is 9.97 Å². The number of nitrogens with zero attached hydrogens (tertiary/aromatic N) is 4. The third-order valence-electron chi connectivity index (χ3n) is 3.70. The van der Waals surface area contributed by atoms with E-state index in [1.165, 1.54) is 0 Å². The van der Waals surface area contributed by atoms with Gasteiger partial charge >= 0.3 is 0 Å². The molecule has 2 saturated heterocycles. The van der Waals surface area contributed by atoms with Gasteiger partial charge in [-0.3, -0.25) is 4.90 Å². The number of rotatable bonds is 1. The number of ether oxygens (including phenoxy) is 1. The van der Waals surface area contributed by atoms with E-state index >= 15 is 0 Å². The van der Waals surface area contributed by atoms with Crippen LogP contribution in [0.25, 0.3) is 0 Å². The Balaban J connectivity index is 1.82. The summed E-state index contributed by atoms with van der Waals surface area (Å²) in [5.41, 5.74) is 0. The molecule has 0 aliphatic carbocycles. The lowest BCUT2D eigenvalue weighted by Crippen LogP contribution is -2.48. The zero-order valence-electron chi connectivity index (χ0n) is 10.6. The Morgan fingerprint density at radius 3 is 2.94 bits per heavy atom. The van der Waals surface area contributed by atoms with E-state index in [0.29, 0.717) is 17.0 Å². The third kappa shape index (κ3) is 2.18. The van der Waals surface area contributed by atoms with Gasteiger partial charge in [-0.15, -0.1) is 0 Å². The first-order valence-corrected chi connectivity index (χ1v) is 6.59. The highest BCUT2D eigenvalue weighted by Gasteiger charge is 2.39. The van der Waals surface area contributed by atoms with Crippen LogP contribution >= 0.6 is 11.6 Å². The molecule has 3 rings (SSSR count). The van der Waals surface area contributed by atoms with Crippen LogP contribution in [0.4, 0.5) is 5.82 Å². The van der Waals surface area contributed by atoms with Crippen LogP contribution in [0.2, 0.25) is 5.15 Å². The minimum absolute atomic E-state index is 0.276. The Bertz CT molecular complexity index is 435. The number of morpholine rings is 1. The fraction of sp³-hybridized carbons (Fsp3) is 0.667. The molecule has 1 unspecified atom stereocenters. The van der Waals surface area contributed by atoms with E-state index in [9.17, 15) is 0 Å².